The fraction of sp³-hybridized carbons (Fsp3) is 0.455. The Morgan fingerprint density at radius 1 is 0.722 bits per heavy atom. The predicted octanol–water partition coefficient (Wildman–Crippen LogP) is 8.20. The lowest BCUT2D eigenvalue weighted by Crippen LogP contribution is -2.28. The lowest BCUT2D eigenvalue weighted by molar-refractivity contribution is -0.271. The second-order valence-corrected chi connectivity index (χ2v) is 10.0. The number of hydrogen-bond donors (Lipinski definition) is 1. The van der Waals surface area contributed by atoms with Gasteiger partial charge in [-0.3, -0.25) is 0 Å². The van der Waals surface area contributed by atoms with Gasteiger partial charge in [0.15, 0.2) is 0 Å². The molecule has 1 N–H and O–H groups in total. The molecule has 0 atom stereocenters. The molecule has 0 aromatic heterocycles. The molecule has 0 saturated heterocycles. The molecule has 194 valence electrons. The molecular formula is C33H44O3. The maximum Gasteiger partial charge on any atom is 0.0893 e. The van der Waals surface area contributed by atoms with E-state index in [9.17, 15) is 5.11 Å². The van der Waals surface area contributed by atoms with Crippen molar-refractivity contribution in [1.29, 1.82) is 0 Å². The molecule has 0 radical (unpaired) electrons. The minimum Gasteiger partial charge on any atom is -0.385 e. The largest absolute Gasteiger partial charge is 0.385 e. The number of hydrogen-bond acceptors (Lipinski definition) is 3. The van der Waals surface area contributed by atoms with Crippen molar-refractivity contribution in [1.82, 2.24) is 0 Å². The summed E-state index contributed by atoms with van der Waals surface area (Å²) in [4.78, 5) is 9.69. The fourth-order valence-electron chi connectivity index (χ4n) is 5.73. The molecule has 0 spiro atoms. The van der Waals surface area contributed by atoms with E-state index in [0.29, 0.717) is 6.61 Å². The van der Waals surface area contributed by atoms with Crippen LogP contribution in [0.1, 0.15) is 86.8 Å². The molecule has 0 fully saturated rings. The van der Waals surface area contributed by atoms with Gasteiger partial charge in [-0.15, -0.1) is 0 Å². The van der Waals surface area contributed by atoms with E-state index in [1.807, 2.05) is 0 Å². The first-order valence-corrected chi connectivity index (χ1v) is 13.5. The highest BCUT2D eigenvalue weighted by atomic mass is 17.2. The van der Waals surface area contributed by atoms with Gasteiger partial charge < -0.3 is 5.11 Å². The van der Waals surface area contributed by atoms with E-state index in [1.165, 1.54) is 46.1 Å². The zero-order chi connectivity index (χ0) is 26.3. The number of rotatable bonds is 12. The van der Waals surface area contributed by atoms with Gasteiger partial charge >= 0.3 is 0 Å². The molecule has 0 heterocycles. The van der Waals surface area contributed by atoms with Gasteiger partial charge in [-0.1, -0.05) is 88.4 Å². The van der Waals surface area contributed by atoms with Crippen molar-refractivity contribution in [3.63, 3.8) is 0 Å². The van der Waals surface area contributed by atoms with Crippen LogP contribution in [0.5, 0.6) is 0 Å². The Hall–Kier alpha value is -2.46. The van der Waals surface area contributed by atoms with Crippen molar-refractivity contribution in [2.75, 3.05) is 13.7 Å². The normalized spacial score (nSPS) is 12.2. The van der Waals surface area contributed by atoms with E-state index >= 15 is 0 Å². The van der Waals surface area contributed by atoms with Gasteiger partial charge in [-0.2, -0.15) is 0 Å². The summed E-state index contributed by atoms with van der Waals surface area (Å²) >= 11 is 0. The molecule has 3 aromatic carbocycles. The molecule has 0 saturated carbocycles. The first-order chi connectivity index (χ1) is 17.3. The van der Waals surface area contributed by atoms with Crippen molar-refractivity contribution in [3.05, 3.63) is 94.0 Å². The second kappa shape index (κ2) is 12.2. The maximum absolute atomic E-state index is 11.1. The van der Waals surface area contributed by atoms with Crippen LogP contribution >= 0.6 is 0 Å². The topological polar surface area (TPSA) is 38.7 Å². The van der Waals surface area contributed by atoms with Gasteiger partial charge in [0.1, 0.15) is 0 Å². The summed E-state index contributed by atoms with van der Waals surface area (Å²) in [5, 5.41) is 11.1. The van der Waals surface area contributed by atoms with Crippen LogP contribution in [-0.4, -0.2) is 18.8 Å². The minimum atomic E-state index is -0.756. The molecule has 0 unspecified atom stereocenters. The first kappa shape index (κ1) is 28.1. The summed E-state index contributed by atoms with van der Waals surface area (Å²) < 4.78 is 0. The Morgan fingerprint density at radius 3 is 1.81 bits per heavy atom. The van der Waals surface area contributed by atoms with Crippen LogP contribution in [0.3, 0.4) is 0 Å². The summed E-state index contributed by atoms with van der Waals surface area (Å²) in [7, 11) is 1.54. The average molecular weight is 489 g/mol. The molecule has 3 rings (SSSR count). The van der Waals surface area contributed by atoms with Crippen molar-refractivity contribution < 1.29 is 14.9 Å². The molecule has 0 amide bonds. The molecular weight excluding hydrogens is 444 g/mol. The molecule has 3 aromatic rings. The van der Waals surface area contributed by atoms with Crippen LogP contribution in [0.4, 0.5) is 0 Å². The first-order valence-electron chi connectivity index (χ1n) is 13.5. The Morgan fingerprint density at radius 2 is 1.31 bits per heavy atom. The van der Waals surface area contributed by atoms with E-state index in [4.69, 9.17) is 4.89 Å². The van der Waals surface area contributed by atoms with Gasteiger partial charge in [0.05, 0.1) is 19.3 Å². The highest BCUT2D eigenvalue weighted by molar-refractivity contribution is 5.68. The molecule has 3 heteroatoms. The van der Waals surface area contributed by atoms with E-state index in [-0.39, 0.29) is 5.41 Å². The van der Waals surface area contributed by atoms with Gasteiger partial charge in [-0.25, -0.2) is 9.78 Å². The standard InChI is InChI=1S/C33H44O3/c1-8-32(9-2,29-17-19-31(25(6)23-29)33(34,10-3)11-4)28-16-18-30(24(5)22-28)27-14-12-26(13-15-27)20-21-36-35-7/h12-19,22-23,34H,8-11,20-21H2,1-7H3. The summed E-state index contributed by atoms with van der Waals surface area (Å²) in [6, 6.07) is 22.4. The van der Waals surface area contributed by atoms with Gasteiger partial charge in [0.25, 0.3) is 0 Å². The predicted molar refractivity (Wildman–Crippen MR) is 150 cm³/mol. The Kier molecular flexibility index (Phi) is 9.52. The van der Waals surface area contributed by atoms with E-state index < -0.39 is 5.60 Å². The molecule has 0 aliphatic rings. The van der Waals surface area contributed by atoms with Gasteiger partial charge in [0.2, 0.25) is 0 Å². The summed E-state index contributed by atoms with van der Waals surface area (Å²) in [6.45, 7) is 13.6. The number of aliphatic hydroxyl groups is 1. The van der Waals surface area contributed by atoms with E-state index in [2.05, 4.69) is 107 Å². The second-order valence-electron chi connectivity index (χ2n) is 10.0. The van der Waals surface area contributed by atoms with Crippen LogP contribution in [0, 0.1) is 13.8 Å². The molecule has 0 bridgehead atoms. The lowest BCUT2D eigenvalue weighted by atomic mass is 9.69. The highest BCUT2D eigenvalue weighted by Crippen LogP contribution is 2.42. The Labute approximate surface area is 218 Å². The zero-order valence-electron chi connectivity index (χ0n) is 23.3. The van der Waals surface area contributed by atoms with E-state index in [1.54, 1.807) is 0 Å². The molecule has 0 aliphatic heterocycles. The third-order valence-corrected chi connectivity index (χ3v) is 8.29. The SMILES string of the molecule is CCC(O)(CC)c1ccc(C(CC)(CC)c2ccc(-c3ccc(CCOOC)cc3)c(C)c2)cc1C. The van der Waals surface area contributed by atoms with Crippen molar-refractivity contribution in [2.24, 2.45) is 0 Å². The van der Waals surface area contributed by atoms with Crippen LogP contribution in [0.15, 0.2) is 60.7 Å². The highest BCUT2D eigenvalue weighted by Gasteiger charge is 2.33. The Bertz CT molecular complexity index is 1120. The monoisotopic (exact) mass is 488 g/mol. The number of aryl methyl sites for hydroxylation is 2. The van der Waals surface area contributed by atoms with Gasteiger partial charge in [-0.05, 0) is 90.5 Å². The van der Waals surface area contributed by atoms with Crippen LogP contribution in [-0.2, 0) is 27.2 Å². The third-order valence-electron chi connectivity index (χ3n) is 8.29. The van der Waals surface area contributed by atoms with Crippen molar-refractivity contribution in [2.45, 2.75) is 84.7 Å². The lowest BCUT2D eigenvalue weighted by Gasteiger charge is -2.35. The summed E-state index contributed by atoms with van der Waals surface area (Å²) in [6.07, 6.45) is 4.31. The zero-order valence-corrected chi connectivity index (χ0v) is 23.3. The molecule has 3 nitrogen and oxygen atoms in total. The maximum atomic E-state index is 11.1. The van der Waals surface area contributed by atoms with Gasteiger partial charge in [0, 0.05) is 5.41 Å². The average Bonchev–Trinajstić information content (AvgIpc) is 2.90. The van der Waals surface area contributed by atoms with Crippen molar-refractivity contribution in [3.8, 4) is 11.1 Å². The quantitative estimate of drug-likeness (QED) is 0.159. The summed E-state index contributed by atoms with van der Waals surface area (Å²) in [5.74, 6) is 0. The molecule has 0 aliphatic carbocycles. The van der Waals surface area contributed by atoms with Crippen LogP contribution in [0.25, 0.3) is 11.1 Å². The van der Waals surface area contributed by atoms with E-state index in [0.717, 1.165) is 37.7 Å². The van der Waals surface area contributed by atoms with Crippen LogP contribution < -0.4 is 0 Å². The smallest absolute Gasteiger partial charge is 0.0893 e. The fourth-order valence-corrected chi connectivity index (χ4v) is 5.73. The third kappa shape index (κ3) is 5.59. The minimum absolute atomic E-state index is 0.0612. The number of benzene rings is 3. The van der Waals surface area contributed by atoms with Crippen molar-refractivity contribution >= 4 is 0 Å². The van der Waals surface area contributed by atoms with Crippen LogP contribution in [0.2, 0.25) is 0 Å². The summed E-state index contributed by atoms with van der Waals surface area (Å²) in [5.41, 5.74) is 9.12. The molecule has 36 heavy (non-hydrogen) atoms. The Balaban J connectivity index is 1.96.